The van der Waals surface area contributed by atoms with Gasteiger partial charge in [0, 0.05) is 39.2 Å². The molecule has 0 atom stereocenters. The fourth-order valence-electron chi connectivity index (χ4n) is 2.06. The summed E-state index contributed by atoms with van der Waals surface area (Å²) in [6.07, 6.45) is 4.71. The maximum Gasteiger partial charge on any atom is 0.244 e. The number of pyridine rings is 1. The highest BCUT2D eigenvalue weighted by Crippen LogP contribution is 2.20. The number of nitrogens with zero attached hydrogens (tertiary/aromatic N) is 1. The lowest BCUT2D eigenvalue weighted by Gasteiger charge is -2.22. The molecule has 7 heteroatoms. The van der Waals surface area contributed by atoms with Crippen molar-refractivity contribution in [2.45, 2.75) is 17.7 Å². The largest absolute Gasteiger partial charge is 0.387 e. The molecule has 0 aromatic carbocycles. The minimum atomic E-state index is -3.52. The third-order valence-corrected chi connectivity index (χ3v) is 4.70. The van der Waals surface area contributed by atoms with Crippen LogP contribution in [-0.2, 0) is 14.8 Å². The van der Waals surface area contributed by atoms with Crippen LogP contribution in [0.5, 0.6) is 0 Å². The molecule has 19 heavy (non-hydrogen) atoms. The first kappa shape index (κ1) is 14.2. The number of rotatable bonds is 5. The molecule has 0 saturated carbocycles. The van der Waals surface area contributed by atoms with Crippen LogP contribution in [0.25, 0.3) is 0 Å². The topological polar surface area (TPSA) is 80.3 Å². The van der Waals surface area contributed by atoms with Crippen LogP contribution < -0.4 is 10.0 Å². The molecular formula is C12H19N3O3S. The Bertz CT molecular complexity index is 513. The van der Waals surface area contributed by atoms with E-state index in [1.54, 1.807) is 19.3 Å². The number of anilines is 1. The van der Waals surface area contributed by atoms with Crippen molar-refractivity contribution in [2.75, 3.05) is 32.1 Å². The fourth-order valence-corrected chi connectivity index (χ4v) is 3.33. The second-order valence-electron chi connectivity index (χ2n) is 4.53. The van der Waals surface area contributed by atoms with Crippen molar-refractivity contribution in [3.05, 3.63) is 18.5 Å². The van der Waals surface area contributed by atoms with Crippen molar-refractivity contribution in [2.24, 2.45) is 5.92 Å². The van der Waals surface area contributed by atoms with Crippen LogP contribution in [0.2, 0.25) is 0 Å². The predicted octanol–water partition coefficient (Wildman–Crippen LogP) is 0.828. The van der Waals surface area contributed by atoms with Gasteiger partial charge in [0.1, 0.15) is 4.90 Å². The molecule has 2 rings (SSSR count). The van der Waals surface area contributed by atoms with E-state index in [2.05, 4.69) is 15.0 Å². The van der Waals surface area contributed by atoms with Crippen molar-refractivity contribution >= 4 is 15.7 Å². The average molecular weight is 285 g/mol. The molecule has 0 amide bonds. The van der Waals surface area contributed by atoms with Gasteiger partial charge in [-0.2, -0.15) is 0 Å². The molecule has 1 fully saturated rings. The minimum absolute atomic E-state index is 0.185. The Morgan fingerprint density at radius 3 is 2.84 bits per heavy atom. The van der Waals surface area contributed by atoms with E-state index in [4.69, 9.17) is 4.74 Å². The van der Waals surface area contributed by atoms with E-state index in [1.165, 1.54) is 6.20 Å². The summed E-state index contributed by atoms with van der Waals surface area (Å²) < 4.78 is 32.4. The van der Waals surface area contributed by atoms with E-state index >= 15 is 0 Å². The van der Waals surface area contributed by atoms with E-state index < -0.39 is 10.0 Å². The summed E-state index contributed by atoms with van der Waals surface area (Å²) in [6.45, 7) is 1.87. The first-order chi connectivity index (χ1) is 9.13. The predicted molar refractivity (Wildman–Crippen MR) is 72.5 cm³/mol. The van der Waals surface area contributed by atoms with Gasteiger partial charge in [-0.25, -0.2) is 13.1 Å². The highest BCUT2D eigenvalue weighted by molar-refractivity contribution is 7.89. The fraction of sp³-hybridized carbons (Fsp3) is 0.583. The first-order valence-corrected chi connectivity index (χ1v) is 7.81. The van der Waals surface area contributed by atoms with Gasteiger partial charge < -0.3 is 10.1 Å². The summed E-state index contributed by atoms with van der Waals surface area (Å²) in [6, 6.07) is 1.64. The van der Waals surface area contributed by atoms with Crippen molar-refractivity contribution in [3.63, 3.8) is 0 Å². The van der Waals surface area contributed by atoms with E-state index in [1.807, 2.05) is 0 Å². The molecule has 1 saturated heterocycles. The first-order valence-electron chi connectivity index (χ1n) is 6.32. The van der Waals surface area contributed by atoms with Crippen LogP contribution in [0.15, 0.2) is 23.4 Å². The Balaban J connectivity index is 2.05. The molecule has 0 unspecified atom stereocenters. The van der Waals surface area contributed by atoms with Crippen LogP contribution in [0, 0.1) is 5.92 Å². The zero-order chi connectivity index (χ0) is 13.7. The smallest absolute Gasteiger partial charge is 0.244 e. The standard InChI is InChI=1S/C12H19N3O3S/c1-13-11-2-5-14-9-12(11)19(16,17)15-8-10-3-6-18-7-4-10/h2,5,9-10,15H,3-4,6-8H2,1H3,(H,13,14). The van der Waals surface area contributed by atoms with Crippen molar-refractivity contribution in [1.29, 1.82) is 0 Å². The number of sulfonamides is 1. The van der Waals surface area contributed by atoms with Crippen molar-refractivity contribution < 1.29 is 13.2 Å². The van der Waals surface area contributed by atoms with Gasteiger partial charge in [-0.15, -0.1) is 0 Å². The van der Waals surface area contributed by atoms with Gasteiger partial charge in [-0.05, 0) is 24.8 Å². The Labute approximate surface area is 113 Å². The van der Waals surface area contributed by atoms with Crippen molar-refractivity contribution in [1.82, 2.24) is 9.71 Å². The summed E-state index contributed by atoms with van der Waals surface area (Å²) in [5, 5.41) is 2.86. The van der Waals surface area contributed by atoms with Gasteiger partial charge in [0.2, 0.25) is 10.0 Å². The zero-order valence-electron chi connectivity index (χ0n) is 10.9. The van der Waals surface area contributed by atoms with Gasteiger partial charge in [0.25, 0.3) is 0 Å². The molecule has 0 aliphatic carbocycles. The molecule has 0 radical (unpaired) electrons. The lowest BCUT2D eigenvalue weighted by atomic mass is 10.0. The number of ether oxygens (including phenoxy) is 1. The van der Waals surface area contributed by atoms with E-state index in [0.29, 0.717) is 31.4 Å². The molecule has 1 aliphatic rings. The maximum absolute atomic E-state index is 12.2. The highest BCUT2D eigenvalue weighted by atomic mass is 32.2. The second-order valence-corrected chi connectivity index (χ2v) is 6.26. The quantitative estimate of drug-likeness (QED) is 0.837. The van der Waals surface area contributed by atoms with Gasteiger partial charge in [-0.3, -0.25) is 4.98 Å². The number of hydrogen-bond acceptors (Lipinski definition) is 5. The zero-order valence-corrected chi connectivity index (χ0v) is 11.7. The van der Waals surface area contributed by atoms with E-state index in [0.717, 1.165) is 12.8 Å². The third-order valence-electron chi connectivity index (χ3n) is 3.25. The van der Waals surface area contributed by atoms with Gasteiger partial charge in [-0.1, -0.05) is 0 Å². The summed E-state index contributed by atoms with van der Waals surface area (Å²) in [5.74, 6) is 0.346. The molecule has 1 aromatic heterocycles. The molecule has 1 aliphatic heterocycles. The molecule has 0 spiro atoms. The molecule has 2 N–H and O–H groups in total. The van der Waals surface area contributed by atoms with Gasteiger partial charge in [0.15, 0.2) is 0 Å². The monoisotopic (exact) mass is 285 g/mol. The minimum Gasteiger partial charge on any atom is -0.387 e. The summed E-state index contributed by atoms with van der Waals surface area (Å²) >= 11 is 0. The number of nitrogens with one attached hydrogen (secondary N) is 2. The Hall–Kier alpha value is -1.18. The second kappa shape index (κ2) is 6.31. The normalized spacial score (nSPS) is 17.3. The Morgan fingerprint density at radius 2 is 2.16 bits per heavy atom. The lowest BCUT2D eigenvalue weighted by molar-refractivity contribution is 0.0678. The Kier molecular flexibility index (Phi) is 4.73. The van der Waals surface area contributed by atoms with Crippen LogP contribution >= 0.6 is 0 Å². The summed E-state index contributed by atoms with van der Waals surface area (Å²) in [4.78, 5) is 4.06. The molecule has 1 aromatic rings. The van der Waals surface area contributed by atoms with E-state index in [9.17, 15) is 8.42 Å². The molecule has 106 valence electrons. The van der Waals surface area contributed by atoms with Crippen LogP contribution in [0.3, 0.4) is 0 Å². The maximum atomic E-state index is 12.2. The molecule has 6 nitrogen and oxygen atoms in total. The van der Waals surface area contributed by atoms with Crippen molar-refractivity contribution in [3.8, 4) is 0 Å². The Morgan fingerprint density at radius 1 is 1.42 bits per heavy atom. The molecule has 2 heterocycles. The number of hydrogen-bond donors (Lipinski definition) is 2. The third kappa shape index (κ3) is 3.65. The van der Waals surface area contributed by atoms with Crippen LogP contribution in [0.1, 0.15) is 12.8 Å². The van der Waals surface area contributed by atoms with E-state index in [-0.39, 0.29) is 4.90 Å². The summed E-state index contributed by atoms with van der Waals surface area (Å²) in [7, 11) is -1.83. The van der Waals surface area contributed by atoms with Crippen LogP contribution in [-0.4, -0.2) is 40.2 Å². The highest BCUT2D eigenvalue weighted by Gasteiger charge is 2.21. The number of aromatic nitrogens is 1. The average Bonchev–Trinajstić information content (AvgIpc) is 2.46. The summed E-state index contributed by atoms with van der Waals surface area (Å²) in [5.41, 5.74) is 0.550. The molecule has 0 bridgehead atoms. The SMILES string of the molecule is CNc1ccncc1S(=O)(=O)NCC1CCOCC1. The van der Waals surface area contributed by atoms with Crippen LogP contribution in [0.4, 0.5) is 5.69 Å². The van der Waals surface area contributed by atoms with Gasteiger partial charge >= 0.3 is 0 Å². The molecular weight excluding hydrogens is 266 g/mol. The van der Waals surface area contributed by atoms with Gasteiger partial charge in [0.05, 0.1) is 5.69 Å². The lowest BCUT2D eigenvalue weighted by Crippen LogP contribution is -2.32.